The van der Waals surface area contributed by atoms with Gasteiger partial charge in [0.25, 0.3) is 11.8 Å². The second kappa shape index (κ2) is 7.96. The Bertz CT molecular complexity index is 964. The molecule has 0 bridgehead atoms. The van der Waals surface area contributed by atoms with E-state index in [9.17, 15) is 14.4 Å². The molecular formula is C19H18N4O3S. The van der Waals surface area contributed by atoms with Crippen LogP contribution >= 0.6 is 11.3 Å². The Morgan fingerprint density at radius 3 is 2.56 bits per heavy atom. The van der Waals surface area contributed by atoms with Crippen LogP contribution in [0.25, 0.3) is 5.00 Å². The standard InChI is InChI=1S/C19H18N4O3S/c1-12-21-11-15(23(12)16-8-5-9-27-16)19(26)22-14(17(24)18(20)25)10-13-6-3-2-4-7-13/h2-9,11,14H,10H2,1H3,(H2,20,25)(H,22,26). The van der Waals surface area contributed by atoms with Crippen molar-refractivity contribution in [3.05, 3.63) is 71.1 Å². The maximum Gasteiger partial charge on any atom is 0.287 e. The minimum atomic E-state index is -1.08. The van der Waals surface area contributed by atoms with E-state index in [1.807, 2.05) is 47.8 Å². The van der Waals surface area contributed by atoms with Crippen molar-refractivity contribution >= 4 is 28.9 Å². The molecule has 0 radical (unpaired) electrons. The molecular weight excluding hydrogens is 364 g/mol. The number of hydrogen-bond donors (Lipinski definition) is 2. The van der Waals surface area contributed by atoms with Crippen molar-refractivity contribution < 1.29 is 14.4 Å². The number of carbonyl (C=O) groups is 3. The van der Waals surface area contributed by atoms with E-state index < -0.39 is 23.6 Å². The third-order valence-corrected chi connectivity index (χ3v) is 4.90. The number of nitrogens with zero attached hydrogens (tertiary/aromatic N) is 2. The summed E-state index contributed by atoms with van der Waals surface area (Å²) in [5, 5.41) is 5.36. The van der Waals surface area contributed by atoms with Gasteiger partial charge in [0, 0.05) is 6.42 Å². The number of Topliss-reactive ketones (excluding diaryl/α,β-unsaturated/α-hetero) is 1. The quantitative estimate of drug-likeness (QED) is 0.606. The van der Waals surface area contributed by atoms with Gasteiger partial charge < -0.3 is 11.1 Å². The first-order valence-electron chi connectivity index (χ1n) is 8.24. The first-order valence-corrected chi connectivity index (χ1v) is 9.12. The van der Waals surface area contributed by atoms with Gasteiger partial charge in [-0.05, 0) is 30.0 Å². The average molecular weight is 382 g/mol. The summed E-state index contributed by atoms with van der Waals surface area (Å²) in [5.74, 6) is -1.78. The van der Waals surface area contributed by atoms with Crippen LogP contribution in [0.1, 0.15) is 21.9 Å². The van der Waals surface area contributed by atoms with Crippen LogP contribution in [0.5, 0.6) is 0 Å². The SMILES string of the molecule is Cc1ncc(C(=O)NC(Cc2ccccc2)C(=O)C(N)=O)n1-c1cccs1. The normalized spacial score (nSPS) is 11.7. The molecule has 1 aromatic carbocycles. The lowest BCUT2D eigenvalue weighted by atomic mass is 10.0. The number of primary amides is 1. The first-order chi connectivity index (χ1) is 13.0. The number of amides is 2. The minimum absolute atomic E-state index is 0.167. The molecule has 0 saturated heterocycles. The molecule has 27 heavy (non-hydrogen) atoms. The number of benzene rings is 1. The van der Waals surface area contributed by atoms with Gasteiger partial charge in [-0.25, -0.2) is 4.98 Å². The summed E-state index contributed by atoms with van der Waals surface area (Å²) in [6.45, 7) is 1.78. The van der Waals surface area contributed by atoms with E-state index in [1.165, 1.54) is 17.5 Å². The molecule has 3 rings (SSSR count). The highest BCUT2D eigenvalue weighted by Gasteiger charge is 2.27. The van der Waals surface area contributed by atoms with Gasteiger partial charge in [-0.1, -0.05) is 30.3 Å². The van der Waals surface area contributed by atoms with E-state index in [0.29, 0.717) is 5.82 Å². The number of aryl methyl sites for hydroxylation is 1. The van der Waals surface area contributed by atoms with Gasteiger partial charge in [0.05, 0.1) is 6.20 Å². The molecule has 0 aliphatic heterocycles. The van der Waals surface area contributed by atoms with Crippen LogP contribution in [-0.4, -0.2) is 33.2 Å². The van der Waals surface area contributed by atoms with Crippen LogP contribution in [0.15, 0.2) is 54.0 Å². The van der Waals surface area contributed by atoms with Crippen molar-refractivity contribution in [2.45, 2.75) is 19.4 Å². The number of aromatic nitrogens is 2. The zero-order chi connectivity index (χ0) is 19.4. The Balaban J connectivity index is 1.87. The van der Waals surface area contributed by atoms with Crippen LogP contribution in [0.2, 0.25) is 0 Å². The topological polar surface area (TPSA) is 107 Å². The van der Waals surface area contributed by atoms with Crippen LogP contribution in [0, 0.1) is 6.92 Å². The number of carbonyl (C=O) groups excluding carboxylic acids is 3. The molecule has 0 aliphatic rings. The van der Waals surface area contributed by atoms with E-state index in [2.05, 4.69) is 10.3 Å². The number of imidazole rings is 1. The summed E-state index contributed by atoms with van der Waals surface area (Å²) >= 11 is 1.46. The molecule has 7 nitrogen and oxygen atoms in total. The number of ketones is 1. The van der Waals surface area contributed by atoms with Gasteiger partial charge in [-0.15, -0.1) is 11.3 Å². The Morgan fingerprint density at radius 1 is 1.19 bits per heavy atom. The van der Waals surface area contributed by atoms with Crippen molar-refractivity contribution in [2.24, 2.45) is 5.73 Å². The molecule has 2 heterocycles. The number of nitrogens with one attached hydrogen (secondary N) is 1. The van der Waals surface area contributed by atoms with E-state index in [1.54, 1.807) is 11.5 Å². The maximum atomic E-state index is 12.8. The van der Waals surface area contributed by atoms with E-state index in [4.69, 9.17) is 5.73 Å². The summed E-state index contributed by atoms with van der Waals surface area (Å²) in [6.07, 6.45) is 1.61. The molecule has 0 fully saturated rings. The average Bonchev–Trinajstić information content (AvgIpc) is 3.30. The molecule has 8 heteroatoms. The Kier molecular flexibility index (Phi) is 5.46. The zero-order valence-electron chi connectivity index (χ0n) is 14.6. The van der Waals surface area contributed by atoms with Crippen LogP contribution < -0.4 is 11.1 Å². The van der Waals surface area contributed by atoms with Crippen LogP contribution in [0.3, 0.4) is 0 Å². The lowest BCUT2D eigenvalue weighted by Crippen LogP contribution is -2.47. The molecule has 1 atom stereocenters. The highest BCUT2D eigenvalue weighted by Crippen LogP contribution is 2.20. The summed E-state index contributed by atoms with van der Waals surface area (Å²) in [7, 11) is 0. The fourth-order valence-corrected chi connectivity index (χ4v) is 3.53. The third kappa shape index (κ3) is 4.12. The van der Waals surface area contributed by atoms with Gasteiger partial charge in [0.2, 0.25) is 5.78 Å². The fourth-order valence-electron chi connectivity index (χ4n) is 2.74. The molecule has 2 amide bonds. The molecule has 3 aromatic rings. The summed E-state index contributed by atoms with van der Waals surface area (Å²) in [5.41, 5.74) is 6.25. The zero-order valence-corrected chi connectivity index (χ0v) is 15.4. The van der Waals surface area contributed by atoms with Gasteiger partial charge in [-0.2, -0.15) is 0 Å². The van der Waals surface area contributed by atoms with Crippen molar-refractivity contribution in [1.82, 2.24) is 14.9 Å². The summed E-state index contributed by atoms with van der Waals surface area (Å²) in [4.78, 5) is 40.7. The minimum Gasteiger partial charge on any atom is -0.363 e. The fraction of sp³-hybridized carbons (Fsp3) is 0.158. The van der Waals surface area contributed by atoms with Gasteiger partial charge in [0.1, 0.15) is 22.6 Å². The molecule has 0 saturated carbocycles. The van der Waals surface area contributed by atoms with Crippen molar-refractivity contribution in [2.75, 3.05) is 0 Å². The Morgan fingerprint density at radius 2 is 1.93 bits per heavy atom. The van der Waals surface area contributed by atoms with Gasteiger partial charge in [0.15, 0.2) is 0 Å². The Hall–Kier alpha value is -3.26. The number of hydrogen-bond acceptors (Lipinski definition) is 5. The molecule has 1 unspecified atom stereocenters. The van der Waals surface area contributed by atoms with E-state index in [0.717, 1.165) is 10.6 Å². The lowest BCUT2D eigenvalue weighted by molar-refractivity contribution is -0.137. The predicted octanol–water partition coefficient (Wildman–Crippen LogP) is 1.64. The smallest absolute Gasteiger partial charge is 0.287 e. The van der Waals surface area contributed by atoms with Gasteiger partial charge >= 0.3 is 0 Å². The highest BCUT2D eigenvalue weighted by molar-refractivity contribution is 7.12. The predicted molar refractivity (Wildman–Crippen MR) is 102 cm³/mol. The van der Waals surface area contributed by atoms with E-state index in [-0.39, 0.29) is 12.1 Å². The molecule has 138 valence electrons. The summed E-state index contributed by atoms with van der Waals surface area (Å²) in [6, 6.07) is 11.8. The maximum absolute atomic E-state index is 12.8. The molecule has 3 N–H and O–H groups in total. The highest BCUT2D eigenvalue weighted by atomic mass is 32.1. The van der Waals surface area contributed by atoms with Crippen molar-refractivity contribution in [3.8, 4) is 5.00 Å². The van der Waals surface area contributed by atoms with Crippen LogP contribution in [-0.2, 0) is 16.0 Å². The monoisotopic (exact) mass is 382 g/mol. The summed E-state index contributed by atoms with van der Waals surface area (Å²) < 4.78 is 1.70. The molecule has 0 aliphatic carbocycles. The second-order valence-electron chi connectivity index (χ2n) is 5.92. The van der Waals surface area contributed by atoms with Crippen molar-refractivity contribution in [3.63, 3.8) is 0 Å². The van der Waals surface area contributed by atoms with E-state index >= 15 is 0 Å². The molecule has 2 aromatic heterocycles. The number of rotatable bonds is 7. The second-order valence-corrected chi connectivity index (χ2v) is 6.85. The van der Waals surface area contributed by atoms with Crippen molar-refractivity contribution in [1.29, 1.82) is 0 Å². The molecule has 0 spiro atoms. The van der Waals surface area contributed by atoms with Crippen LogP contribution in [0.4, 0.5) is 0 Å². The largest absolute Gasteiger partial charge is 0.363 e. The number of nitrogens with two attached hydrogens (primary N) is 1. The lowest BCUT2D eigenvalue weighted by Gasteiger charge is -2.17. The Labute approximate surface area is 159 Å². The number of thiophene rings is 1. The first kappa shape index (κ1) is 18.5. The van der Waals surface area contributed by atoms with Gasteiger partial charge in [-0.3, -0.25) is 19.0 Å². The third-order valence-electron chi connectivity index (χ3n) is 4.04.